The van der Waals surface area contributed by atoms with E-state index >= 15 is 0 Å². The van der Waals surface area contributed by atoms with Crippen LogP contribution >= 0.6 is 11.6 Å². The molecule has 0 aliphatic heterocycles. The van der Waals surface area contributed by atoms with Gasteiger partial charge in [-0.05, 0) is 43.5 Å². The van der Waals surface area contributed by atoms with E-state index in [4.69, 9.17) is 11.6 Å². The van der Waals surface area contributed by atoms with Crippen molar-refractivity contribution in [2.45, 2.75) is 20.8 Å². The van der Waals surface area contributed by atoms with Gasteiger partial charge in [0.05, 0.1) is 0 Å². The molecular formula is C11H13Cl. The first-order valence-corrected chi connectivity index (χ1v) is 4.43. The molecule has 0 radical (unpaired) electrons. The third-order valence-electron chi connectivity index (χ3n) is 1.97. The quantitative estimate of drug-likeness (QED) is 0.617. The second-order valence-corrected chi connectivity index (χ2v) is 3.36. The molecular weight excluding hydrogens is 168 g/mol. The van der Waals surface area contributed by atoms with Crippen LogP contribution in [0.2, 0.25) is 0 Å². The molecule has 0 fully saturated rings. The highest BCUT2D eigenvalue weighted by Gasteiger charge is 1.98. The molecule has 1 aromatic carbocycles. The standard InChI is InChI=1S/C11H13Cl/c1-8-6-9(2)11(4-5-12)10(3)7-8/h4-7H,1-3H3/b5-4-. The van der Waals surface area contributed by atoms with E-state index in [0.717, 1.165) is 0 Å². The van der Waals surface area contributed by atoms with Crippen LogP contribution in [0.25, 0.3) is 6.08 Å². The van der Waals surface area contributed by atoms with Crippen LogP contribution < -0.4 is 0 Å². The van der Waals surface area contributed by atoms with E-state index in [1.807, 2.05) is 6.08 Å². The van der Waals surface area contributed by atoms with Gasteiger partial charge in [-0.15, -0.1) is 0 Å². The lowest BCUT2D eigenvalue weighted by atomic mass is 10.0. The second-order valence-electron chi connectivity index (χ2n) is 3.11. The Morgan fingerprint density at radius 2 is 1.58 bits per heavy atom. The molecule has 1 heteroatoms. The van der Waals surface area contributed by atoms with Crippen molar-refractivity contribution in [3.05, 3.63) is 39.9 Å². The fraction of sp³-hybridized carbons (Fsp3) is 0.273. The third-order valence-corrected chi connectivity index (χ3v) is 2.09. The summed E-state index contributed by atoms with van der Waals surface area (Å²) in [6.07, 6.45) is 1.94. The average molecular weight is 181 g/mol. The highest BCUT2D eigenvalue weighted by molar-refractivity contribution is 6.27. The smallest absolute Gasteiger partial charge is 0.00486 e. The molecule has 12 heavy (non-hydrogen) atoms. The minimum Gasteiger partial charge on any atom is -0.0929 e. The van der Waals surface area contributed by atoms with Crippen molar-refractivity contribution >= 4 is 17.7 Å². The number of aryl methyl sites for hydroxylation is 3. The lowest BCUT2D eigenvalue weighted by Crippen LogP contribution is -1.87. The van der Waals surface area contributed by atoms with E-state index in [2.05, 4.69) is 32.9 Å². The minimum absolute atomic E-state index is 1.23. The lowest BCUT2D eigenvalue weighted by molar-refractivity contribution is 1.30. The minimum atomic E-state index is 1.23. The molecule has 0 spiro atoms. The van der Waals surface area contributed by atoms with Gasteiger partial charge in [0.1, 0.15) is 0 Å². The summed E-state index contributed by atoms with van der Waals surface area (Å²) in [4.78, 5) is 0. The van der Waals surface area contributed by atoms with Crippen molar-refractivity contribution < 1.29 is 0 Å². The highest BCUT2D eigenvalue weighted by Crippen LogP contribution is 2.17. The predicted octanol–water partition coefficient (Wildman–Crippen LogP) is 3.82. The van der Waals surface area contributed by atoms with Crippen LogP contribution in [0.5, 0.6) is 0 Å². The Hall–Kier alpha value is -0.750. The fourth-order valence-electron chi connectivity index (χ4n) is 1.52. The Morgan fingerprint density at radius 1 is 1.08 bits per heavy atom. The first-order chi connectivity index (χ1) is 5.65. The van der Waals surface area contributed by atoms with Gasteiger partial charge < -0.3 is 0 Å². The zero-order valence-corrected chi connectivity index (χ0v) is 8.44. The monoisotopic (exact) mass is 180 g/mol. The van der Waals surface area contributed by atoms with E-state index in [-0.39, 0.29) is 0 Å². The fourth-order valence-corrected chi connectivity index (χ4v) is 1.64. The Bertz CT molecular complexity index is 288. The number of hydrogen-bond donors (Lipinski definition) is 0. The van der Waals surface area contributed by atoms with Crippen LogP contribution in [0.1, 0.15) is 22.3 Å². The van der Waals surface area contributed by atoms with Gasteiger partial charge in [0.2, 0.25) is 0 Å². The normalized spacial score (nSPS) is 11.0. The molecule has 0 aromatic heterocycles. The van der Waals surface area contributed by atoms with E-state index in [1.165, 1.54) is 22.3 Å². The van der Waals surface area contributed by atoms with E-state index in [0.29, 0.717) is 0 Å². The molecule has 0 N–H and O–H groups in total. The van der Waals surface area contributed by atoms with Gasteiger partial charge in [0.25, 0.3) is 0 Å². The van der Waals surface area contributed by atoms with E-state index in [1.54, 1.807) is 5.54 Å². The second kappa shape index (κ2) is 3.77. The highest BCUT2D eigenvalue weighted by atomic mass is 35.5. The summed E-state index contributed by atoms with van der Waals surface area (Å²) in [5.41, 5.74) is 6.66. The summed E-state index contributed by atoms with van der Waals surface area (Å²) < 4.78 is 0. The maximum absolute atomic E-state index is 5.54. The van der Waals surface area contributed by atoms with Gasteiger partial charge in [0.15, 0.2) is 0 Å². The molecule has 0 heterocycles. The summed E-state index contributed by atoms with van der Waals surface area (Å²) >= 11 is 5.54. The predicted molar refractivity (Wildman–Crippen MR) is 55.5 cm³/mol. The van der Waals surface area contributed by atoms with Crippen molar-refractivity contribution in [3.63, 3.8) is 0 Å². The van der Waals surface area contributed by atoms with Gasteiger partial charge in [0, 0.05) is 5.54 Å². The number of rotatable bonds is 1. The molecule has 64 valence electrons. The molecule has 0 unspecified atom stereocenters. The summed E-state index contributed by atoms with van der Waals surface area (Å²) in [6, 6.07) is 4.33. The van der Waals surface area contributed by atoms with Crippen molar-refractivity contribution in [1.82, 2.24) is 0 Å². The van der Waals surface area contributed by atoms with E-state index < -0.39 is 0 Å². The number of hydrogen-bond acceptors (Lipinski definition) is 0. The van der Waals surface area contributed by atoms with Crippen LogP contribution in [0, 0.1) is 20.8 Å². The van der Waals surface area contributed by atoms with Crippen molar-refractivity contribution in [3.8, 4) is 0 Å². The topological polar surface area (TPSA) is 0 Å². The van der Waals surface area contributed by atoms with Crippen LogP contribution in [-0.2, 0) is 0 Å². The largest absolute Gasteiger partial charge is 0.0929 e. The van der Waals surface area contributed by atoms with Gasteiger partial charge >= 0.3 is 0 Å². The van der Waals surface area contributed by atoms with E-state index in [9.17, 15) is 0 Å². The maximum atomic E-state index is 5.54. The molecule has 0 saturated carbocycles. The van der Waals surface area contributed by atoms with Crippen molar-refractivity contribution in [2.75, 3.05) is 0 Å². The van der Waals surface area contributed by atoms with Crippen molar-refractivity contribution in [2.24, 2.45) is 0 Å². The summed E-state index contributed by atoms with van der Waals surface area (Å²) in [5.74, 6) is 0. The number of halogens is 1. The Balaban J connectivity index is 3.28. The third kappa shape index (κ3) is 1.89. The molecule has 1 aromatic rings. The van der Waals surface area contributed by atoms with Crippen LogP contribution in [-0.4, -0.2) is 0 Å². The maximum Gasteiger partial charge on any atom is 0.00486 e. The molecule has 0 saturated heterocycles. The summed E-state index contributed by atoms with van der Waals surface area (Å²) in [5, 5.41) is 0. The van der Waals surface area contributed by atoms with Crippen LogP contribution in [0.4, 0.5) is 0 Å². The molecule has 0 aliphatic rings. The Kier molecular flexibility index (Phi) is 2.93. The molecule has 0 nitrogen and oxygen atoms in total. The zero-order valence-electron chi connectivity index (χ0n) is 7.69. The molecule has 0 bridgehead atoms. The molecule has 1 rings (SSSR count). The molecule has 0 aliphatic carbocycles. The lowest BCUT2D eigenvalue weighted by Gasteiger charge is -2.06. The van der Waals surface area contributed by atoms with Gasteiger partial charge in [-0.3, -0.25) is 0 Å². The zero-order chi connectivity index (χ0) is 9.14. The van der Waals surface area contributed by atoms with Crippen molar-refractivity contribution in [1.29, 1.82) is 0 Å². The van der Waals surface area contributed by atoms with Crippen LogP contribution in [0.15, 0.2) is 17.7 Å². The Labute approximate surface area is 78.9 Å². The van der Waals surface area contributed by atoms with Gasteiger partial charge in [-0.25, -0.2) is 0 Å². The average Bonchev–Trinajstić information content (AvgIpc) is 1.96. The first kappa shape index (κ1) is 9.34. The van der Waals surface area contributed by atoms with Crippen LogP contribution in [0.3, 0.4) is 0 Å². The number of benzene rings is 1. The Morgan fingerprint density at radius 3 is 2.00 bits per heavy atom. The van der Waals surface area contributed by atoms with Gasteiger partial charge in [-0.2, -0.15) is 0 Å². The molecule has 0 amide bonds. The van der Waals surface area contributed by atoms with Gasteiger partial charge in [-0.1, -0.05) is 29.3 Å². The molecule has 0 atom stereocenters. The summed E-state index contributed by atoms with van der Waals surface area (Å²) in [6.45, 7) is 6.31. The summed E-state index contributed by atoms with van der Waals surface area (Å²) in [7, 11) is 0. The first-order valence-electron chi connectivity index (χ1n) is 3.99. The SMILES string of the molecule is Cc1cc(C)c(/C=C\Cl)c(C)c1.